The van der Waals surface area contributed by atoms with Gasteiger partial charge in [-0.1, -0.05) is 20.4 Å². The van der Waals surface area contributed by atoms with Crippen molar-refractivity contribution in [2.24, 2.45) is 11.8 Å². The number of aliphatic hydroxyl groups is 1. The maximum atomic E-state index is 11.2. The van der Waals surface area contributed by atoms with Crippen molar-refractivity contribution >= 4 is 11.6 Å². The van der Waals surface area contributed by atoms with Crippen LogP contribution in [-0.2, 0) is 9.59 Å². The molecule has 1 unspecified atom stereocenters. The number of aliphatic hydroxyl groups excluding tert-OH is 1. The first-order valence-electron chi connectivity index (χ1n) is 3.80. The molecular weight excluding hydrogens is 156 g/mol. The summed E-state index contributed by atoms with van der Waals surface area (Å²) in [6, 6.07) is 0. The third-order valence-corrected chi connectivity index (χ3v) is 1.67. The Morgan fingerprint density at radius 2 is 1.75 bits per heavy atom. The molecule has 0 saturated heterocycles. The highest BCUT2D eigenvalue weighted by Gasteiger charge is 2.27. The van der Waals surface area contributed by atoms with Crippen LogP contribution in [0.4, 0.5) is 0 Å². The molecule has 0 saturated carbocycles. The SMILES string of the molecule is C=C(O)C(=O)C(C(C)=O)C(C)C. The van der Waals surface area contributed by atoms with Gasteiger partial charge in [-0.05, 0) is 12.8 Å². The summed E-state index contributed by atoms with van der Waals surface area (Å²) >= 11 is 0. The first-order valence-corrected chi connectivity index (χ1v) is 3.80. The number of hydrogen-bond acceptors (Lipinski definition) is 3. The number of rotatable bonds is 4. The highest BCUT2D eigenvalue weighted by Crippen LogP contribution is 2.15. The van der Waals surface area contributed by atoms with E-state index in [1.165, 1.54) is 6.92 Å². The molecule has 0 bridgehead atoms. The van der Waals surface area contributed by atoms with Crippen LogP contribution in [0, 0.1) is 11.8 Å². The van der Waals surface area contributed by atoms with E-state index >= 15 is 0 Å². The molecule has 0 aromatic heterocycles. The lowest BCUT2D eigenvalue weighted by atomic mass is 9.87. The third-order valence-electron chi connectivity index (χ3n) is 1.67. The molecule has 0 fully saturated rings. The molecular formula is C9H14O3. The Morgan fingerprint density at radius 1 is 1.33 bits per heavy atom. The molecule has 0 radical (unpaired) electrons. The van der Waals surface area contributed by atoms with E-state index in [0.29, 0.717) is 0 Å². The maximum Gasteiger partial charge on any atom is 0.207 e. The van der Waals surface area contributed by atoms with Crippen LogP contribution in [0.25, 0.3) is 0 Å². The molecule has 12 heavy (non-hydrogen) atoms. The molecule has 3 nitrogen and oxygen atoms in total. The summed E-state index contributed by atoms with van der Waals surface area (Å²) < 4.78 is 0. The van der Waals surface area contributed by atoms with Crippen LogP contribution in [0.3, 0.4) is 0 Å². The molecule has 1 atom stereocenters. The molecule has 0 aliphatic heterocycles. The summed E-state index contributed by atoms with van der Waals surface area (Å²) in [6.07, 6.45) is 0. The van der Waals surface area contributed by atoms with E-state index in [2.05, 4.69) is 6.58 Å². The van der Waals surface area contributed by atoms with E-state index in [1.807, 2.05) is 0 Å². The van der Waals surface area contributed by atoms with Crippen molar-refractivity contribution in [2.45, 2.75) is 20.8 Å². The predicted molar refractivity (Wildman–Crippen MR) is 45.8 cm³/mol. The Kier molecular flexibility index (Phi) is 3.67. The largest absolute Gasteiger partial charge is 0.505 e. The van der Waals surface area contributed by atoms with Gasteiger partial charge >= 0.3 is 0 Å². The van der Waals surface area contributed by atoms with Crippen molar-refractivity contribution < 1.29 is 14.7 Å². The molecule has 0 aromatic carbocycles. The molecule has 0 spiro atoms. The second kappa shape index (κ2) is 4.04. The molecule has 3 heteroatoms. The summed E-state index contributed by atoms with van der Waals surface area (Å²) in [5, 5.41) is 8.79. The summed E-state index contributed by atoms with van der Waals surface area (Å²) in [4.78, 5) is 22.1. The molecule has 0 rings (SSSR count). The molecule has 0 aromatic rings. The topological polar surface area (TPSA) is 54.4 Å². The van der Waals surface area contributed by atoms with Crippen LogP contribution < -0.4 is 0 Å². The number of allylic oxidation sites excluding steroid dienone is 1. The first-order chi connectivity index (χ1) is 5.37. The van der Waals surface area contributed by atoms with Gasteiger partial charge in [0.25, 0.3) is 0 Å². The van der Waals surface area contributed by atoms with Gasteiger partial charge in [0.1, 0.15) is 5.78 Å². The Hall–Kier alpha value is -1.12. The second-order valence-corrected chi connectivity index (χ2v) is 3.14. The van der Waals surface area contributed by atoms with Crippen molar-refractivity contribution in [3.05, 3.63) is 12.3 Å². The highest BCUT2D eigenvalue weighted by molar-refractivity contribution is 6.08. The first kappa shape index (κ1) is 10.9. The molecule has 0 heterocycles. The Labute approximate surface area is 72.1 Å². The van der Waals surface area contributed by atoms with Crippen molar-refractivity contribution in [3.63, 3.8) is 0 Å². The fraction of sp³-hybridized carbons (Fsp3) is 0.556. The summed E-state index contributed by atoms with van der Waals surface area (Å²) in [7, 11) is 0. The van der Waals surface area contributed by atoms with Crippen LogP contribution in [0.15, 0.2) is 12.3 Å². The van der Waals surface area contributed by atoms with Crippen LogP contribution in [0.1, 0.15) is 20.8 Å². The van der Waals surface area contributed by atoms with Crippen LogP contribution in [0.2, 0.25) is 0 Å². The highest BCUT2D eigenvalue weighted by atomic mass is 16.3. The monoisotopic (exact) mass is 170 g/mol. The van der Waals surface area contributed by atoms with Gasteiger partial charge in [0.05, 0.1) is 5.92 Å². The van der Waals surface area contributed by atoms with Crippen molar-refractivity contribution in [1.29, 1.82) is 0 Å². The van der Waals surface area contributed by atoms with Crippen LogP contribution in [0.5, 0.6) is 0 Å². The Bertz CT molecular complexity index is 216. The van der Waals surface area contributed by atoms with Gasteiger partial charge in [-0.25, -0.2) is 0 Å². The summed E-state index contributed by atoms with van der Waals surface area (Å²) in [5.41, 5.74) is 0. The van der Waals surface area contributed by atoms with Gasteiger partial charge in [-0.2, -0.15) is 0 Å². The Morgan fingerprint density at radius 3 is 1.83 bits per heavy atom. The average Bonchev–Trinajstić information content (AvgIpc) is 1.85. The minimum absolute atomic E-state index is 0.0982. The smallest absolute Gasteiger partial charge is 0.207 e. The quantitative estimate of drug-likeness (QED) is 0.395. The fourth-order valence-corrected chi connectivity index (χ4v) is 1.14. The van der Waals surface area contributed by atoms with Gasteiger partial charge in [-0.3, -0.25) is 9.59 Å². The van der Waals surface area contributed by atoms with Gasteiger partial charge in [0, 0.05) is 0 Å². The molecule has 1 N–H and O–H groups in total. The lowest BCUT2D eigenvalue weighted by molar-refractivity contribution is -0.132. The Balaban J connectivity index is 4.64. The molecule has 0 aliphatic rings. The fourth-order valence-electron chi connectivity index (χ4n) is 1.14. The van der Waals surface area contributed by atoms with Crippen LogP contribution >= 0.6 is 0 Å². The summed E-state index contributed by atoms with van der Waals surface area (Å²) in [5.74, 6) is -2.19. The average molecular weight is 170 g/mol. The second-order valence-electron chi connectivity index (χ2n) is 3.14. The lowest BCUT2D eigenvalue weighted by Gasteiger charge is -2.14. The van der Waals surface area contributed by atoms with E-state index in [9.17, 15) is 9.59 Å². The zero-order valence-corrected chi connectivity index (χ0v) is 7.63. The van der Waals surface area contributed by atoms with Crippen LogP contribution in [-0.4, -0.2) is 16.7 Å². The van der Waals surface area contributed by atoms with Gasteiger partial charge in [0.2, 0.25) is 5.78 Å². The zero-order chi connectivity index (χ0) is 9.89. The van der Waals surface area contributed by atoms with Gasteiger partial charge in [0.15, 0.2) is 5.76 Å². The molecule has 0 aliphatic carbocycles. The van der Waals surface area contributed by atoms with Gasteiger partial charge < -0.3 is 5.11 Å². The number of Topliss-reactive ketones (excluding diaryl/α,β-unsaturated/α-hetero) is 2. The standard InChI is InChI=1S/C9H14O3/c1-5(2)8(6(3)10)9(12)7(4)11/h5,8,11H,4H2,1-3H3. The minimum atomic E-state index is -0.748. The number of carbonyl (C=O) groups is 2. The van der Waals surface area contributed by atoms with Gasteiger partial charge in [-0.15, -0.1) is 0 Å². The maximum absolute atomic E-state index is 11.2. The normalized spacial score (nSPS) is 12.7. The number of ketones is 2. The third kappa shape index (κ3) is 2.49. The van der Waals surface area contributed by atoms with Crippen molar-refractivity contribution in [1.82, 2.24) is 0 Å². The minimum Gasteiger partial charge on any atom is -0.505 e. The number of hydrogen-bond donors (Lipinski definition) is 1. The molecule has 68 valence electrons. The van der Waals surface area contributed by atoms with E-state index in [4.69, 9.17) is 5.11 Å². The van der Waals surface area contributed by atoms with E-state index in [-0.39, 0.29) is 11.7 Å². The number of carbonyl (C=O) groups excluding carboxylic acids is 2. The van der Waals surface area contributed by atoms with Crippen molar-refractivity contribution in [3.8, 4) is 0 Å². The zero-order valence-electron chi connectivity index (χ0n) is 7.63. The van der Waals surface area contributed by atoms with E-state index in [0.717, 1.165) is 0 Å². The lowest BCUT2D eigenvalue weighted by Crippen LogP contribution is -2.28. The van der Waals surface area contributed by atoms with E-state index < -0.39 is 17.5 Å². The predicted octanol–water partition coefficient (Wildman–Crippen LogP) is 1.49. The van der Waals surface area contributed by atoms with Crippen molar-refractivity contribution in [2.75, 3.05) is 0 Å². The van der Waals surface area contributed by atoms with E-state index in [1.54, 1.807) is 13.8 Å². The molecule has 0 amide bonds. The summed E-state index contributed by atoms with van der Waals surface area (Å²) in [6.45, 7) is 7.95.